The summed E-state index contributed by atoms with van der Waals surface area (Å²) in [5.74, 6) is 0.387. The summed E-state index contributed by atoms with van der Waals surface area (Å²) < 4.78 is 0. The molecule has 1 heteroatoms. The predicted molar refractivity (Wildman–Crippen MR) is 55.1 cm³/mol. The van der Waals surface area contributed by atoms with Crippen molar-refractivity contribution in [3.05, 3.63) is 28.8 Å². The predicted octanol–water partition coefficient (Wildman–Crippen LogP) is 3.11. The maximum atomic E-state index is 9.83. The smallest absolute Gasteiger partial charge is 0.122 e. The first-order valence-electron chi connectivity index (χ1n) is 4.55. The molecular weight excluding hydrogens is 160 g/mol. The molecule has 0 spiro atoms. The Hall–Kier alpha value is -0.980. The average Bonchev–Trinajstić information content (AvgIpc) is 1.94. The fraction of sp³-hybridized carbons (Fsp3) is 0.500. The van der Waals surface area contributed by atoms with Crippen LogP contribution in [0, 0.1) is 19.9 Å². The molecule has 0 amide bonds. The molecule has 0 fully saturated rings. The van der Waals surface area contributed by atoms with Gasteiger partial charge in [0.1, 0.15) is 5.75 Å². The van der Waals surface area contributed by atoms with Crippen molar-refractivity contribution < 1.29 is 5.11 Å². The highest BCUT2D eigenvalue weighted by Crippen LogP contribution is 2.33. The largest absolute Gasteiger partial charge is 0.507 e. The quantitative estimate of drug-likeness (QED) is 0.645. The molecule has 1 radical (unpaired) electrons. The second-order valence-electron chi connectivity index (χ2n) is 4.59. The molecule has 0 unspecified atom stereocenters. The third-order valence-electron chi connectivity index (χ3n) is 2.16. The van der Waals surface area contributed by atoms with Crippen molar-refractivity contribution in [3.63, 3.8) is 0 Å². The van der Waals surface area contributed by atoms with Crippen molar-refractivity contribution >= 4 is 0 Å². The van der Waals surface area contributed by atoms with Crippen LogP contribution < -0.4 is 0 Å². The van der Waals surface area contributed by atoms with Crippen LogP contribution in [0.4, 0.5) is 0 Å². The van der Waals surface area contributed by atoms with Crippen LogP contribution in [0.25, 0.3) is 0 Å². The minimum Gasteiger partial charge on any atom is -0.507 e. The summed E-state index contributed by atoms with van der Waals surface area (Å²) in [5, 5.41) is 9.83. The second kappa shape index (κ2) is 3.06. The summed E-state index contributed by atoms with van der Waals surface area (Å²) in [6.45, 7) is 10.2. The molecule has 1 aromatic rings. The molecule has 1 N–H and O–H groups in total. The first-order chi connectivity index (χ1) is 5.82. The van der Waals surface area contributed by atoms with Crippen LogP contribution in [-0.4, -0.2) is 5.11 Å². The van der Waals surface area contributed by atoms with E-state index in [1.807, 2.05) is 19.9 Å². The van der Waals surface area contributed by atoms with E-state index >= 15 is 0 Å². The number of rotatable bonds is 0. The highest BCUT2D eigenvalue weighted by molar-refractivity contribution is 5.45. The SMILES string of the molecule is Cc1[c]c(C)c(O)c(C(C)(C)C)c1. The Bertz CT molecular complexity index is 319. The number of phenols is 1. The second-order valence-corrected chi connectivity index (χ2v) is 4.59. The van der Waals surface area contributed by atoms with Crippen molar-refractivity contribution in [1.82, 2.24) is 0 Å². The average molecular weight is 177 g/mol. The minimum atomic E-state index is -0.00525. The van der Waals surface area contributed by atoms with Gasteiger partial charge in [-0.3, -0.25) is 0 Å². The summed E-state index contributed by atoms with van der Waals surface area (Å²) in [5.41, 5.74) is 2.92. The molecule has 0 aliphatic rings. The molecule has 0 saturated heterocycles. The molecule has 13 heavy (non-hydrogen) atoms. The monoisotopic (exact) mass is 177 g/mol. The van der Waals surface area contributed by atoms with E-state index in [0.717, 1.165) is 16.7 Å². The fourth-order valence-electron chi connectivity index (χ4n) is 1.45. The van der Waals surface area contributed by atoms with E-state index in [4.69, 9.17) is 0 Å². The highest BCUT2D eigenvalue weighted by Gasteiger charge is 2.19. The number of aromatic hydroxyl groups is 1. The van der Waals surface area contributed by atoms with Gasteiger partial charge in [-0.2, -0.15) is 0 Å². The van der Waals surface area contributed by atoms with Crippen molar-refractivity contribution in [1.29, 1.82) is 0 Å². The third-order valence-corrected chi connectivity index (χ3v) is 2.16. The number of aryl methyl sites for hydroxylation is 2. The minimum absolute atomic E-state index is 0.00525. The summed E-state index contributed by atoms with van der Waals surface area (Å²) in [4.78, 5) is 0. The maximum Gasteiger partial charge on any atom is 0.122 e. The molecule has 0 aromatic heterocycles. The van der Waals surface area contributed by atoms with Gasteiger partial charge >= 0.3 is 0 Å². The standard InChI is InChI=1S/C12H17O/c1-8-6-9(2)11(13)10(7-8)12(3,4)5/h7,13H,1-5H3. The highest BCUT2D eigenvalue weighted by atomic mass is 16.3. The van der Waals surface area contributed by atoms with Gasteiger partial charge in [0.2, 0.25) is 0 Å². The Morgan fingerprint density at radius 1 is 1.23 bits per heavy atom. The van der Waals surface area contributed by atoms with E-state index in [1.165, 1.54) is 0 Å². The summed E-state index contributed by atoms with van der Waals surface area (Å²) in [7, 11) is 0. The molecular formula is C12H17O. The van der Waals surface area contributed by atoms with E-state index in [2.05, 4.69) is 26.8 Å². The third kappa shape index (κ3) is 2.03. The lowest BCUT2D eigenvalue weighted by Gasteiger charge is -2.21. The van der Waals surface area contributed by atoms with E-state index < -0.39 is 0 Å². The van der Waals surface area contributed by atoms with Crippen molar-refractivity contribution in [2.24, 2.45) is 0 Å². The van der Waals surface area contributed by atoms with Crippen LogP contribution in [-0.2, 0) is 5.41 Å². The van der Waals surface area contributed by atoms with E-state index in [9.17, 15) is 5.11 Å². The van der Waals surface area contributed by atoms with Gasteiger partial charge in [0, 0.05) is 0 Å². The van der Waals surface area contributed by atoms with Crippen molar-refractivity contribution in [3.8, 4) is 5.75 Å². The van der Waals surface area contributed by atoms with Crippen LogP contribution in [0.1, 0.15) is 37.5 Å². The van der Waals surface area contributed by atoms with Crippen molar-refractivity contribution in [2.45, 2.75) is 40.0 Å². The molecule has 1 nitrogen and oxygen atoms in total. The van der Waals surface area contributed by atoms with Gasteiger partial charge in [-0.05, 0) is 42.0 Å². The van der Waals surface area contributed by atoms with Gasteiger partial charge in [0.15, 0.2) is 0 Å². The molecule has 0 bridgehead atoms. The Kier molecular flexibility index (Phi) is 2.38. The topological polar surface area (TPSA) is 20.2 Å². The number of benzene rings is 1. The zero-order chi connectivity index (χ0) is 10.2. The molecule has 0 saturated carbocycles. The molecule has 0 atom stereocenters. The van der Waals surface area contributed by atoms with Crippen LogP contribution in [0.15, 0.2) is 6.07 Å². The Morgan fingerprint density at radius 3 is 2.23 bits per heavy atom. The maximum absolute atomic E-state index is 9.83. The fourth-order valence-corrected chi connectivity index (χ4v) is 1.45. The number of phenolic OH excluding ortho intramolecular Hbond substituents is 1. The molecule has 71 valence electrons. The van der Waals surface area contributed by atoms with Crippen molar-refractivity contribution in [2.75, 3.05) is 0 Å². The van der Waals surface area contributed by atoms with Gasteiger partial charge in [0.25, 0.3) is 0 Å². The first-order valence-corrected chi connectivity index (χ1v) is 4.55. The first kappa shape index (κ1) is 10.1. The number of hydrogen-bond donors (Lipinski definition) is 1. The van der Waals surface area contributed by atoms with Crippen LogP contribution >= 0.6 is 0 Å². The molecule has 0 aliphatic heterocycles. The van der Waals surface area contributed by atoms with E-state index in [-0.39, 0.29) is 5.41 Å². The van der Waals surface area contributed by atoms with E-state index in [1.54, 1.807) is 0 Å². The van der Waals surface area contributed by atoms with Gasteiger partial charge in [-0.25, -0.2) is 0 Å². The normalized spacial score (nSPS) is 11.8. The van der Waals surface area contributed by atoms with Gasteiger partial charge < -0.3 is 5.11 Å². The summed E-state index contributed by atoms with van der Waals surface area (Å²) in [6.07, 6.45) is 0. The van der Waals surface area contributed by atoms with Crippen LogP contribution in [0.2, 0.25) is 0 Å². The molecule has 0 aliphatic carbocycles. The van der Waals surface area contributed by atoms with Crippen LogP contribution in [0.3, 0.4) is 0 Å². The summed E-state index contributed by atoms with van der Waals surface area (Å²) in [6, 6.07) is 5.10. The van der Waals surface area contributed by atoms with Crippen LogP contribution in [0.5, 0.6) is 5.75 Å². The van der Waals surface area contributed by atoms with E-state index in [0.29, 0.717) is 5.75 Å². The lowest BCUT2D eigenvalue weighted by molar-refractivity contribution is 0.442. The zero-order valence-corrected chi connectivity index (χ0v) is 9.02. The molecule has 0 heterocycles. The van der Waals surface area contributed by atoms with Gasteiger partial charge in [-0.1, -0.05) is 26.8 Å². The molecule has 1 rings (SSSR count). The Balaban J connectivity index is 3.37. The Morgan fingerprint density at radius 2 is 1.77 bits per heavy atom. The lowest BCUT2D eigenvalue weighted by atomic mass is 9.84. The van der Waals surface area contributed by atoms with Gasteiger partial charge in [0.05, 0.1) is 0 Å². The Labute approximate surface area is 80.4 Å². The summed E-state index contributed by atoms with van der Waals surface area (Å²) >= 11 is 0. The number of hydrogen-bond acceptors (Lipinski definition) is 1. The zero-order valence-electron chi connectivity index (χ0n) is 9.02. The molecule has 1 aromatic carbocycles. The van der Waals surface area contributed by atoms with Gasteiger partial charge in [-0.15, -0.1) is 0 Å². The lowest BCUT2D eigenvalue weighted by Crippen LogP contribution is -2.12.